The molecule has 0 bridgehead atoms. The van der Waals surface area contributed by atoms with E-state index in [4.69, 9.17) is 9.47 Å². The molecule has 12 heteroatoms. The number of aromatic nitrogens is 1. The molecule has 0 aliphatic heterocycles. The number of methoxy groups -OCH3 is 2. The van der Waals surface area contributed by atoms with E-state index in [9.17, 15) is 28.5 Å². The van der Waals surface area contributed by atoms with Crippen LogP contribution >= 0.6 is 11.3 Å². The number of aromatic amines is 1. The second-order valence-corrected chi connectivity index (χ2v) is 7.45. The van der Waals surface area contributed by atoms with Gasteiger partial charge in [0.15, 0.2) is 17.3 Å². The van der Waals surface area contributed by atoms with Gasteiger partial charge in [-0.15, -0.1) is 11.3 Å². The normalized spacial score (nSPS) is 12.2. The third kappa shape index (κ3) is 5.60. The van der Waals surface area contributed by atoms with Gasteiger partial charge in [-0.25, -0.2) is 0 Å². The van der Waals surface area contributed by atoms with E-state index in [1.807, 2.05) is 0 Å². The lowest BCUT2D eigenvalue weighted by Gasteiger charge is -2.10. The number of rotatable bonds is 8. The summed E-state index contributed by atoms with van der Waals surface area (Å²) < 4.78 is 39.8. The molecule has 0 aliphatic rings. The molecule has 9 nitrogen and oxygen atoms in total. The Hall–Kier alpha value is -4.06. The largest absolute Gasteiger partial charge is 0.497 e. The molecule has 0 saturated carbocycles. The van der Waals surface area contributed by atoms with Crippen molar-refractivity contribution < 1.29 is 32.7 Å². The van der Waals surface area contributed by atoms with Gasteiger partial charge in [0.05, 0.1) is 40.0 Å². The van der Waals surface area contributed by atoms with E-state index in [-0.39, 0.29) is 26.3 Å². The molecule has 0 unspecified atom stereocenters. The summed E-state index contributed by atoms with van der Waals surface area (Å²) in [7, 11) is 2.68. The van der Waals surface area contributed by atoms with Crippen LogP contribution in [0.4, 0.5) is 14.5 Å². The monoisotopic (exact) mass is 478 g/mol. The molecular formula is C21H16F2N2O7S. The number of nitro benzene ring substituents is 1. The van der Waals surface area contributed by atoms with Crippen molar-refractivity contribution in [1.29, 1.82) is 0 Å². The maximum atomic E-state index is 12.6. The van der Waals surface area contributed by atoms with E-state index in [1.54, 1.807) is 24.3 Å². The van der Waals surface area contributed by atoms with Gasteiger partial charge < -0.3 is 19.2 Å². The Bertz CT molecular complexity index is 1360. The fraction of sp³-hybridized carbons (Fsp3) is 0.143. The summed E-state index contributed by atoms with van der Waals surface area (Å²) in [4.78, 5) is 37.9. The minimum atomic E-state index is -3.21. The molecule has 3 aromatic rings. The molecule has 33 heavy (non-hydrogen) atoms. The summed E-state index contributed by atoms with van der Waals surface area (Å²) in [6.07, 6.45) is 2.42. The number of hydrogen-bond donors (Lipinski definition) is 1. The number of carbonyl (C=O) groups excluding carboxylic acids is 1. The number of hydrogen-bond acceptors (Lipinski definition) is 8. The van der Waals surface area contributed by atoms with E-state index < -0.39 is 28.5 Å². The number of nitrogens with one attached hydrogen (secondary N) is 1. The molecule has 2 aromatic carbocycles. The predicted octanol–water partition coefficient (Wildman–Crippen LogP) is 2.46. The zero-order chi connectivity index (χ0) is 24.1. The van der Waals surface area contributed by atoms with Crippen LogP contribution in [0.25, 0.3) is 12.2 Å². The van der Waals surface area contributed by atoms with Crippen molar-refractivity contribution in [3.63, 3.8) is 0 Å². The number of H-pyrrole nitrogens is 1. The summed E-state index contributed by atoms with van der Waals surface area (Å²) in [6.45, 7) is -3.21. The van der Waals surface area contributed by atoms with Crippen LogP contribution in [0.5, 0.6) is 17.2 Å². The second-order valence-electron chi connectivity index (χ2n) is 6.36. The zero-order valence-electron chi connectivity index (χ0n) is 17.2. The lowest BCUT2D eigenvalue weighted by molar-refractivity contribution is -0.385. The molecule has 3 rings (SSSR count). The topological polar surface area (TPSA) is 121 Å². The van der Waals surface area contributed by atoms with Gasteiger partial charge in [0.2, 0.25) is 0 Å². The van der Waals surface area contributed by atoms with Crippen LogP contribution < -0.4 is 29.0 Å². The molecule has 1 heterocycles. The Morgan fingerprint density at radius 2 is 1.85 bits per heavy atom. The van der Waals surface area contributed by atoms with Gasteiger partial charge in [-0.05, 0) is 36.4 Å². The number of carbonyl (C=O) groups is 1. The third-order valence-corrected chi connectivity index (χ3v) is 5.29. The highest BCUT2D eigenvalue weighted by Crippen LogP contribution is 2.36. The van der Waals surface area contributed by atoms with Crippen LogP contribution in [0.15, 0.2) is 41.2 Å². The number of nitrogens with zero attached hydrogens (tertiary/aromatic N) is 1. The first-order valence-corrected chi connectivity index (χ1v) is 9.95. The summed E-state index contributed by atoms with van der Waals surface area (Å²) in [6, 6.07) is 8.26. The number of ketones is 1. The van der Waals surface area contributed by atoms with Crippen molar-refractivity contribution >= 4 is 35.0 Å². The van der Waals surface area contributed by atoms with Crippen LogP contribution in [-0.4, -0.2) is 36.5 Å². The summed E-state index contributed by atoms with van der Waals surface area (Å²) >= 11 is 0.894. The van der Waals surface area contributed by atoms with E-state index in [0.29, 0.717) is 11.3 Å². The molecule has 0 atom stereocenters. The first kappa shape index (κ1) is 23.6. The molecule has 172 valence electrons. The quantitative estimate of drug-likeness (QED) is 0.300. The molecule has 0 saturated heterocycles. The summed E-state index contributed by atoms with van der Waals surface area (Å²) in [5.41, 5.74) is -0.863. The van der Waals surface area contributed by atoms with Crippen molar-refractivity contribution in [2.75, 3.05) is 14.2 Å². The molecule has 0 amide bonds. The number of benzene rings is 2. The Morgan fingerprint density at radius 3 is 2.42 bits per heavy atom. The molecule has 0 spiro atoms. The molecule has 0 aliphatic carbocycles. The maximum Gasteiger partial charge on any atom is 0.387 e. The number of ether oxygens (including phenoxy) is 3. The Kier molecular flexibility index (Phi) is 7.18. The van der Waals surface area contributed by atoms with Crippen molar-refractivity contribution in [2.45, 2.75) is 6.61 Å². The lowest BCUT2D eigenvalue weighted by Crippen LogP contribution is -2.20. The SMILES string of the molecule is COc1ccc(C(=O)/C=c2\[nH]c(=O)/c(=C/c3cc(OC)c(OC(F)F)cc3[N+](=O)[O-])s2)cc1. The number of alkyl halides is 2. The minimum absolute atomic E-state index is 0.0523. The summed E-state index contributed by atoms with van der Waals surface area (Å²) in [5.74, 6) is -0.491. The maximum absolute atomic E-state index is 12.6. The van der Waals surface area contributed by atoms with Gasteiger partial charge >= 0.3 is 6.61 Å². The van der Waals surface area contributed by atoms with Gasteiger partial charge in [0.1, 0.15) is 5.75 Å². The lowest BCUT2D eigenvalue weighted by atomic mass is 10.1. The molecule has 1 N–H and O–H groups in total. The van der Waals surface area contributed by atoms with Crippen LogP contribution in [0.3, 0.4) is 0 Å². The van der Waals surface area contributed by atoms with E-state index in [1.165, 1.54) is 26.4 Å². The van der Waals surface area contributed by atoms with Gasteiger partial charge in [0, 0.05) is 11.6 Å². The standard InChI is InChI=1S/C21H16F2N2O7S/c1-30-13-5-3-11(4-6-13)15(26)10-19-24-20(27)18(33-19)8-12-7-16(31-2)17(32-21(22)23)9-14(12)25(28)29/h3-10,21H,1-2H3,(H,24,27)/b18-8-,19-10+. The molecule has 0 radical (unpaired) electrons. The highest BCUT2D eigenvalue weighted by atomic mass is 32.1. The van der Waals surface area contributed by atoms with Crippen LogP contribution in [0.2, 0.25) is 0 Å². The number of Topliss-reactive ketones (excluding diaryl/α,β-unsaturated/α-hetero) is 1. The molecule has 0 fully saturated rings. The number of halogens is 2. The average Bonchev–Trinajstić information content (AvgIpc) is 3.12. The molecular weight excluding hydrogens is 462 g/mol. The minimum Gasteiger partial charge on any atom is -0.497 e. The zero-order valence-corrected chi connectivity index (χ0v) is 18.0. The van der Waals surface area contributed by atoms with E-state index >= 15 is 0 Å². The second kappa shape index (κ2) is 10.0. The first-order chi connectivity index (χ1) is 15.7. The average molecular weight is 478 g/mol. The fourth-order valence-electron chi connectivity index (χ4n) is 2.81. The Balaban J connectivity index is 2.05. The van der Waals surface area contributed by atoms with Gasteiger partial charge in [-0.3, -0.25) is 19.7 Å². The highest BCUT2D eigenvalue weighted by molar-refractivity contribution is 7.07. The van der Waals surface area contributed by atoms with Crippen LogP contribution in [0, 0.1) is 10.1 Å². The number of thiazole rings is 1. The van der Waals surface area contributed by atoms with Gasteiger partial charge in [0.25, 0.3) is 11.2 Å². The van der Waals surface area contributed by atoms with Crippen molar-refractivity contribution in [2.24, 2.45) is 0 Å². The van der Waals surface area contributed by atoms with Crippen LogP contribution in [0.1, 0.15) is 15.9 Å². The van der Waals surface area contributed by atoms with Crippen molar-refractivity contribution in [3.05, 3.63) is 77.2 Å². The third-order valence-electron chi connectivity index (χ3n) is 4.33. The predicted molar refractivity (Wildman–Crippen MR) is 116 cm³/mol. The van der Waals surface area contributed by atoms with Gasteiger partial charge in [-0.2, -0.15) is 8.78 Å². The van der Waals surface area contributed by atoms with Crippen LogP contribution in [-0.2, 0) is 0 Å². The van der Waals surface area contributed by atoms with E-state index in [2.05, 4.69) is 9.72 Å². The molecule has 1 aromatic heterocycles. The van der Waals surface area contributed by atoms with Crippen molar-refractivity contribution in [1.82, 2.24) is 4.98 Å². The highest BCUT2D eigenvalue weighted by Gasteiger charge is 2.21. The fourth-order valence-corrected chi connectivity index (χ4v) is 3.69. The smallest absolute Gasteiger partial charge is 0.387 e. The first-order valence-electron chi connectivity index (χ1n) is 9.14. The number of nitro groups is 1. The van der Waals surface area contributed by atoms with Gasteiger partial charge in [-0.1, -0.05) is 0 Å². The Morgan fingerprint density at radius 1 is 1.15 bits per heavy atom. The summed E-state index contributed by atoms with van der Waals surface area (Å²) in [5, 5.41) is 11.4. The Labute approximate surface area is 188 Å². The van der Waals surface area contributed by atoms with Crippen molar-refractivity contribution in [3.8, 4) is 17.2 Å². The van der Waals surface area contributed by atoms with E-state index in [0.717, 1.165) is 23.5 Å².